The largest absolute Gasteiger partial charge is 0.326 e. The number of rotatable bonds is 5. The van der Waals surface area contributed by atoms with Crippen molar-refractivity contribution in [3.05, 3.63) is 30.1 Å². The molecule has 1 aromatic rings. The van der Waals surface area contributed by atoms with Crippen LogP contribution in [0.15, 0.2) is 24.5 Å². The molecule has 0 aliphatic carbocycles. The summed E-state index contributed by atoms with van der Waals surface area (Å²) in [6.07, 6.45) is 4.05. The highest BCUT2D eigenvalue weighted by atomic mass is 15.2. The Balaban J connectivity index is 2.91. The molecule has 1 aromatic heterocycles. The van der Waals surface area contributed by atoms with Gasteiger partial charge in [0.05, 0.1) is 12.5 Å². The van der Waals surface area contributed by atoms with E-state index in [1.54, 1.807) is 12.4 Å². The molecule has 0 spiro atoms. The Morgan fingerprint density at radius 2 is 2.00 bits per heavy atom. The molecule has 3 atom stereocenters. The molecule has 0 saturated carbocycles. The number of nitrogens with two attached hydrogens (primary N) is 1. The third-order valence-corrected chi connectivity index (χ3v) is 3.07. The van der Waals surface area contributed by atoms with Gasteiger partial charge in [0, 0.05) is 30.5 Å². The average Bonchev–Trinajstić information content (AvgIpc) is 2.30. The van der Waals surface area contributed by atoms with E-state index in [1.165, 1.54) is 0 Å². The van der Waals surface area contributed by atoms with Crippen molar-refractivity contribution in [3.63, 3.8) is 0 Å². The number of hydrogen-bond donors (Lipinski definition) is 1. The van der Waals surface area contributed by atoms with Gasteiger partial charge in [-0.1, -0.05) is 0 Å². The zero-order chi connectivity index (χ0) is 12.8. The van der Waals surface area contributed by atoms with Crippen molar-refractivity contribution in [3.8, 4) is 6.07 Å². The number of pyridine rings is 1. The van der Waals surface area contributed by atoms with Gasteiger partial charge in [-0.3, -0.25) is 9.88 Å². The number of likely N-dealkylation sites (N-methyl/N-ethyl adjacent to an activating group) is 1. The maximum Gasteiger partial charge on any atom is 0.0638 e. The summed E-state index contributed by atoms with van der Waals surface area (Å²) in [7, 11) is 2.01. The molecule has 17 heavy (non-hydrogen) atoms. The quantitative estimate of drug-likeness (QED) is 0.839. The fourth-order valence-electron chi connectivity index (χ4n) is 2.02. The fourth-order valence-corrected chi connectivity index (χ4v) is 2.02. The first-order valence-electron chi connectivity index (χ1n) is 5.82. The second kappa shape index (κ2) is 6.33. The third-order valence-electron chi connectivity index (χ3n) is 3.07. The van der Waals surface area contributed by atoms with Gasteiger partial charge in [-0.25, -0.2) is 0 Å². The van der Waals surface area contributed by atoms with Crippen molar-refractivity contribution in [1.82, 2.24) is 9.88 Å². The minimum absolute atomic E-state index is 0.00328. The van der Waals surface area contributed by atoms with Crippen LogP contribution >= 0.6 is 0 Å². The summed E-state index contributed by atoms with van der Waals surface area (Å²) in [6.45, 7) is 4.03. The molecule has 0 aliphatic rings. The third kappa shape index (κ3) is 3.52. The molecule has 1 heterocycles. The van der Waals surface area contributed by atoms with Crippen molar-refractivity contribution in [2.24, 2.45) is 5.73 Å². The molecule has 0 aromatic carbocycles. The molecule has 92 valence electrons. The molecular weight excluding hydrogens is 212 g/mol. The van der Waals surface area contributed by atoms with E-state index in [-0.39, 0.29) is 18.1 Å². The predicted molar refractivity (Wildman–Crippen MR) is 68.1 cm³/mol. The maximum absolute atomic E-state index is 8.76. The normalized spacial score (nSPS) is 16.2. The van der Waals surface area contributed by atoms with Gasteiger partial charge in [0.1, 0.15) is 0 Å². The maximum atomic E-state index is 8.76. The lowest BCUT2D eigenvalue weighted by molar-refractivity contribution is 0.167. The number of aromatic nitrogens is 1. The standard InChI is InChI=1S/C13H20N4/c1-10(4-7-14)17(3)13(11(2)15)12-5-8-16-9-6-12/h5-6,8-11,13H,4,15H2,1-3H3. The minimum atomic E-state index is 0.00328. The van der Waals surface area contributed by atoms with E-state index in [1.807, 2.05) is 33.0 Å². The summed E-state index contributed by atoms with van der Waals surface area (Å²) in [5.41, 5.74) is 7.20. The van der Waals surface area contributed by atoms with E-state index in [2.05, 4.69) is 16.0 Å². The van der Waals surface area contributed by atoms with Crippen molar-refractivity contribution in [2.75, 3.05) is 7.05 Å². The Kier molecular flexibility index (Phi) is 5.08. The van der Waals surface area contributed by atoms with Crippen LogP contribution in [-0.4, -0.2) is 29.0 Å². The fraction of sp³-hybridized carbons (Fsp3) is 0.538. The Morgan fingerprint density at radius 3 is 2.47 bits per heavy atom. The van der Waals surface area contributed by atoms with Gasteiger partial charge in [0.25, 0.3) is 0 Å². The highest BCUT2D eigenvalue weighted by Crippen LogP contribution is 2.24. The zero-order valence-electron chi connectivity index (χ0n) is 10.7. The second-order valence-electron chi connectivity index (χ2n) is 4.46. The van der Waals surface area contributed by atoms with Gasteiger partial charge in [-0.05, 0) is 38.6 Å². The Morgan fingerprint density at radius 1 is 1.41 bits per heavy atom. The smallest absolute Gasteiger partial charge is 0.0638 e. The monoisotopic (exact) mass is 232 g/mol. The summed E-state index contributed by atoms with van der Waals surface area (Å²) in [5.74, 6) is 0. The van der Waals surface area contributed by atoms with E-state index in [0.717, 1.165) is 5.56 Å². The zero-order valence-corrected chi connectivity index (χ0v) is 10.7. The van der Waals surface area contributed by atoms with E-state index in [0.29, 0.717) is 6.42 Å². The lowest BCUT2D eigenvalue weighted by atomic mass is 9.99. The number of nitrogens with zero attached hydrogens (tertiary/aromatic N) is 3. The molecule has 4 nitrogen and oxygen atoms in total. The minimum Gasteiger partial charge on any atom is -0.326 e. The van der Waals surface area contributed by atoms with Crippen LogP contribution in [0.3, 0.4) is 0 Å². The van der Waals surface area contributed by atoms with Crippen LogP contribution in [0.4, 0.5) is 0 Å². The Hall–Kier alpha value is -1.44. The summed E-state index contributed by atoms with van der Waals surface area (Å²) < 4.78 is 0. The van der Waals surface area contributed by atoms with E-state index >= 15 is 0 Å². The second-order valence-corrected chi connectivity index (χ2v) is 4.46. The van der Waals surface area contributed by atoms with Gasteiger partial charge in [-0.2, -0.15) is 5.26 Å². The first-order chi connectivity index (χ1) is 8.07. The molecule has 0 bridgehead atoms. The van der Waals surface area contributed by atoms with E-state index in [4.69, 9.17) is 11.0 Å². The van der Waals surface area contributed by atoms with Gasteiger partial charge < -0.3 is 5.73 Å². The molecule has 0 aliphatic heterocycles. The molecule has 0 amide bonds. The lowest BCUT2D eigenvalue weighted by Gasteiger charge is -2.35. The lowest BCUT2D eigenvalue weighted by Crippen LogP contribution is -2.41. The van der Waals surface area contributed by atoms with Gasteiger partial charge in [-0.15, -0.1) is 0 Å². The van der Waals surface area contributed by atoms with Gasteiger partial charge in [0.15, 0.2) is 0 Å². The molecular formula is C13H20N4. The van der Waals surface area contributed by atoms with Crippen LogP contribution in [-0.2, 0) is 0 Å². The van der Waals surface area contributed by atoms with Gasteiger partial charge in [0.2, 0.25) is 0 Å². The Labute approximate surface area is 103 Å². The first-order valence-corrected chi connectivity index (χ1v) is 5.82. The van der Waals surface area contributed by atoms with Crippen molar-refractivity contribution in [2.45, 2.75) is 38.4 Å². The molecule has 1 rings (SSSR count). The highest BCUT2D eigenvalue weighted by molar-refractivity contribution is 5.17. The first kappa shape index (κ1) is 13.6. The highest BCUT2D eigenvalue weighted by Gasteiger charge is 2.24. The van der Waals surface area contributed by atoms with Crippen LogP contribution in [0.1, 0.15) is 31.9 Å². The van der Waals surface area contributed by atoms with Crippen LogP contribution < -0.4 is 5.73 Å². The predicted octanol–water partition coefficient (Wildman–Crippen LogP) is 1.70. The topological polar surface area (TPSA) is 65.9 Å². The number of hydrogen-bond acceptors (Lipinski definition) is 4. The SMILES string of the molecule is CC(N)C(c1ccncc1)N(C)C(C)CC#N. The molecule has 4 heteroatoms. The van der Waals surface area contributed by atoms with E-state index in [9.17, 15) is 0 Å². The molecule has 2 N–H and O–H groups in total. The summed E-state index contributed by atoms with van der Waals surface area (Å²) in [4.78, 5) is 6.17. The van der Waals surface area contributed by atoms with Crippen molar-refractivity contribution >= 4 is 0 Å². The molecule has 0 radical (unpaired) electrons. The van der Waals surface area contributed by atoms with Crippen molar-refractivity contribution in [1.29, 1.82) is 5.26 Å². The summed E-state index contributed by atoms with van der Waals surface area (Å²) in [5, 5.41) is 8.76. The molecule has 0 fully saturated rings. The van der Waals surface area contributed by atoms with Crippen LogP contribution in [0, 0.1) is 11.3 Å². The molecule has 3 unspecified atom stereocenters. The van der Waals surface area contributed by atoms with Gasteiger partial charge >= 0.3 is 0 Å². The van der Waals surface area contributed by atoms with Crippen LogP contribution in [0.2, 0.25) is 0 Å². The van der Waals surface area contributed by atoms with Crippen LogP contribution in [0.25, 0.3) is 0 Å². The van der Waals surface area contributed by atoms with Crippen LogP contribution in [0.5, 0.6) is 0 Å². The van der Waals surface area contributed by atoms with Crippen molar-refractivity contribution < 1.29 is 0 Å². The molecule has 0 saturated heterocycles. The van der Waals surface area contributed by atoms with E-state index < -0.39 is 0 Å². The summed E-state index contributed by atoms with van der Waals surface area (Å²) in [6, 6.07) is 6.45. The Bertz CT molecular complexity index is 369. The number of nitriles is 1. The summed E-state index contributed by atoms with van der Waals surface area (Å²) >= 11 is 0. The average molecular weight is 232 g/mol.